The number of carbonyl (C=O) groups excluding carboxylic acids is 1. The van der Waals surface area contributed by atoms with Crippen LogP contribution in [-0.2, 0) is 0 Å². The zero-order chi connectivity index (χ0) is 12.3. The van der Waals surface area contributed by atoms with Crippen molar-refractivity contribution in [3.63, 3.8) is 0 Å². The Morgan fingerprint density at radius 3 is 2.78 bits per heavy atom. The van der Waals surface area contributed by atoms with Gasteiger partial charge < -0.3 is 11.1 Å². The molecule has 1 aliphatic rings. The number of hydrogen-bond donors (Lipinski definition) is 2. The Morgan fingerprint density at radius 1 is 1.39 bits per heavy atom. The maximum absolute atomic E-state index is 12.1. The standard InChI is InChI=1S/C13H17BrN2O.ClH/c14-11-6-2-1-5-10(11)13(17)16-12-7-3-4-9(12)8-15;/h1-2,5-6,9,12H,3-4,7-8,15H2,(H,16,17);1H. The second-order valence-corrected chi connectivity index (χ2v) is 5.34. The van der Waals surface area contributed by atoms with E-state index >= 15 is 0 Å². The largest absolute Gasteiger partial charge is 0.349 e. The highest BCUT2D eigenvalue weighted by Crippen LogP contribution is 2.25. The van der Waals surface area contributed by atoms with Gasteiger partial charge in [0, 0.05) is 10.5 Å². The molecule has 2 rings (SSSR count). The molecule has 2 unspecified atom stereocenters. The third-order valence-electron chi connectivity index (χ3n) is 3.40. The van der Waals surface area contributed by atoms with Crippen molar-refractivity contribution in [2.45, 2.75) is 25.3 Å². The molecule has 3 nitrogen and oxygen atoms in total. The predicted molar refractivity (Wildman–Crippen MR) is 79.0 cm³/mol. The van der Waals surface area contributed by atoms with Crippen LogP contribution in [0.15, 0.2) is 28.7 Å². The molecule has 0 spiro atoms. The molecule has 0 bridgehead atoms. The lowest BCUT2D eigenvalue weighted by molar-refractivity contribution is 0.0928. The summed E-state index contributed by atoms with van der Waals surface area (Å²) in [5.74, 6) is 0.421. The van der Waals surface area contributed by atoms with Gasteiger partial charge in [0.15, 0.2) is 0 Å². The van der Waals surface area contributed by atoms with Gasteiger partial charge in [-0.05, 0) is 53.4 Å². The van der Waals surface area contributed by atoms with Crippen molar-refractivity contribution in [2.75, 3.05) is 6.54 Å². The van der Waals surface area contributed by atoms with Gasteiger partial charge in [-0.3, -0.25) is 4.79 Å². The summed E-state index contributed by atoms with van der Waals surface area (Å²) in [5.41, 5.74) is 6.40. The Hall–Kier alpha value is -0.580. The highest BCUT2D eigenvalue weighted by atomic mass is 79.9. The molecule has 5 heteroatoms. The van der Waals surface area contributed by atoms with E-state index in [0.29, 0.717) is 18.0 Å². The third kappa shape index (κ3) is 3.46. The number of hydrogen-bond acceptors (Lipinski definition) is 2. The minimum absolute atomic E-state index is 0. The Labute approximate surface area is 122 Å². The fourth-order valence-electron chi connectivity index (χ4n) is 2.40. The van der Waals surface area contributed by atoms with Gasteiger partial charge in [0.2, 0.25) is 0 Å². The highest BCUT2D eigenvalue weighted by molar-refractivity contribution is 9.10. The van der Waals surface area contributed by atoms with Crippen LogP contribution in [0.25, 0.3) is 0 Å². The second-order valence-electron chi connectivity index (χ2n) is 4.49. The lowest BCUT2D eigenvalue weighted by atomic mass is 10.0. The molecule has 1 aromatic rings. The molecule has 1 fully saturated rings. The van der Waals surface area contributed by atoms with E-state index in [2.05, 4.69) is 21.2 Å². The quantitative estimate of drug-likeness (QED) is 0.893. The van der Waals surface area contributed by atoms with E-state index in [9.17, 15) is 4.79 Å². The number of amides is 1. The second kappa shape index (κ2) is 7.12. The topological polar surface area (TPSA) is 55.1 Å². The van der Waals surface area contributed by atoms with Gasteiger partial charge in [0.25, 0.3) is 5.91 Å². The molecule has 0 heterocycles. The summed E-state index contributed by atoms with van der Waals surface area (Å²) in [6.45, 7) is 0.654. The number of nitrogens with one attached hydrogen (secondary N) is 1. The zero-order valence-corrected chi connectivity index (χ0v) is 12.5. The molecule has 0 aliphatic heterocycles. The summed E-state index contributed by atoms with van der Waals surface area (Å²) in [4.78, 5) is 12.1. The van der Waals surface area contributed by atoms with Crippen LogP contribution in [-0.4, -0.2) is 18.5 Å². The molecule has 1 amide bonds. The first kappa shape index (κ1) is 15.5. The SMILES string of the molecule is Cl.NCC1CCCC1NC(=O)c1ccccc1Br. The maximum Gasteiger partial charge on any atom is 0.252 e. The number of rotatable bonds is 3. The number of benzene rings is 1. The lowest BCUT2D eigenvalue weighted by Gasteiger charge is -2.19. The normalized spacial score (nSPS) is 22.3. The van der Waals surface area contributed by atoms with Gasteiger partial charge >= 0.3 is 0 Å². The Kier molecular flexibility index (Phi) is 6.12. The molecule has 2 atom stereocenters. The summed E-state index contributed by atoms with van der Waals surface area (Å²) in [6.07, 6.45) is 3.32. The summed E-state index contributed by atoms with van der Waals surface area (Å²) < 4.78 is 0.833. The van der Waals surface area contributed by atoms with Crippen molar-refractivity contribution in [1.82, 2.24) is 5.32 Å². The summed E-state index contributed by atoms with van der Waals surface area (Å²) >= 11 is 3.39. The van der Waals surface area contributed by atoms with Crippen molar-refractivity contribution in [2.24, 2.45) is 11.7 Å². The van der Waals surface area contributed by atoms with Crippen molar-refractivity contribution in [1.29, 1.82) is 0 Å². The fraction of sp³-hybridized carbons (Fsp3) is 0.462. The zero-order valence-electron chi connectivity index (χ0n) is 10.1. The van der Waals surface area contributed by atoms with Gasteiger partial charge in [0.1, 0.15) is 0 Å². The van der Waals surface area contributed by atoms with E-state index in [0.717, 1.165) is 23.7 Å². The summed E-state index contributed by atoms with van der Waals surface area (Å²) in [5, 5.41) is 3.09. The summed E-state index contributed by atoms with van der Waals surface area (Å²) in [6, 6.07) is 7.71. The number of halogens is 2. The van der Waals surface area contributed by atoms with Gasteiger partial charge in [-0.25, -0.2) is 0 Å². The molecular weight excluding hydrogens is 316 g/mol. The van der Waals surface area contributed by atoms with E-state index in [1.165, 1.54) is 0 Å². The van der Waals surface area contributed by atoms with Crippen molar-refractivity contribution in [3.8, 4) is 0 Å². The smallest absolute Gasteiger partial charge is 0.252 e. The Morgan fingerprint density at radius 2 is 2.11 bits per heavy atom. The molecule has 100 valence electrons. The molecule has 0 saturated heterocycles. The monoisotopic (exact) mass is 332 g/mol. The van der Waals surface area contributed by atoms with E-state index in [1.807, 2.05) is 24.3 Å². The van der Waals surface area contributed by atoms with E-state index in [-0.39, 0.29) is 24.4 Å². The average Bonchev–Trinajstić information content (AvgIpc) is 2.76. The highest BCUT2D eigenvalue weighted by Gasteiger charge is 2.27. The molecule has 1 aliphatic carbocycles. The van der Waals surface area contributed by atoms with Crippen LogP contribution < -0.4 is 11.1 Å². The van der Waals surface area contributed by atoms with Crippen molar-refractivity contribution in [3.05, 3.63) is 34.3 Å². The van der Waals surface area contributed by atoms with Crippen LogP contribution in [0.4, 0.5) is 0 Å². The van der Waals surface area contributed by atoms with E-state index < -0.39 is 0 Å². The molecular formula is C13H18BrClN2O. The van der Waals surface area contributed by atoms with Gasteiger partial charge in [-0.2, -0.15) is 0 Å². The van der Waals surface area contributed by atoms with E-state index in [4.69, 9.17) is 5.73 Å². The van der Waals surface area contributed by atoms with Crippen LogP contribution in [0.1, 0.15) is 29.6 Å². The van der Waals surface area contributed by atoms with Gasteiger partial charge in [-0.1, -0.05) is 18.6 Å². The molecule has 18 heavy (non-hydrogen) atoms. The van der Waals surface area contributed by atoms with Crippen molar-refractivity contribution >= 4 is 34.2 Å². The molecule has 0 radical (unpaired) electrons. The predicted octanol–water partition coefficient (Wildman–Crippen LogP) is 2.73. The maximum atomic E-state index is 12.1. The first-order valence-corrected chi connectivity index (χ1v) is 6.77. The van der Waals surface area contributed by atoms with Crippen LogP contribution in [0, 0.1) is 5.92 Å². The third-order valence-corrected chi connectivity index (χ3v) is 4.09. The van der Waals surface area contributed by atoms with Crippen LogP contribution in [0.5, 0.6) is 0 Å². The first-order valence-electron chi connectivity index (χ1n) is 5.98. The molecule has 3 N–H and O–H groups in total. The summed E-state index contributed by atoms with van der Waals surface area (Å²) in [7, 11) is 0. The average molecular weight is 334 g/mol. The fourth-order valence-corrected chi connectivity index (χ4v) is 2.87. The lowest BCUT2D eigenvalue weighted by Crippen LogP contribution is -2.39. The van der Waals surface area contributed by atoms with E-state index in [1.54, 1.807) is 0 Å². The molecule has 1 aromatic carbocycles. The number of carbonyl (C=O) groups is 1. The minimum Gasteiger partial charge on any atom is -0.349 e. The van der Waals surface area contributed by atoms with Gasteiger partial charge in [0.05, 0.1) is 5.56 Å². The molecule has 1 saturated carbocycles. The van der Waals surface area contributed by atoms with Gasteiger partial charge in [-0.15, -0.1) is 12.4 Å². The van der Waals surface area contributed by atoms with Crippen molar-refractivity contribution < 1.29 is 4.79 Å². The number of nitrogens with two attached hydrogens (primary N) is 1. The Bertz CT molecular complexity index is 414. The van der Waals surface area contributed by atoms with Crippen LogP contribution in [0.3, 0.4) is 0 Å². The van der Waals surface area contributed by atoms with Crippen LogP contribution >= 0.6 is 28.3 Å². The van der Waals surface area contributed by atoms with Crippen LogP contribution in [0.2, 0.25) is 0 Å². The minimum atomic E-state index is -0.0113. The Balaban J connectivity index is 0.00000162. The first-order chi connectivity index (χ1) is 8.22. The molecule has 0 aromatic heterocycles.